The molecule has 0 fully saturated rings. The van der Waals surface area contributed by atoms with Gasteiger partial charge in [-0.3, -0.25) is 4.79 Å². The largest absolute Gasteiger partial charge is 0.493 e. The molecule has 1 unspecified atom stereocenters. The first kappa shape index (κ1) is 16.1. The number of aromatic hydroxyl groups is 1. The van der Waals surface area contributed by atoms with Gasteiger partial charge in [-0.2, -0.15) is 0 Å². The molecule has 1 heterocycles. The average molecular weight is 324 g/mol. The molecule has 0 radical (unpaired) electrons. The molecule has 0 aliphatic heterocycles. The van der Waals surface area contributed by atoms with E-state index in [1.54, 1.807) is 6.92 Å². The van der Waals surface area contributed by atoms with Crippen LogP contribution in [0.5, 0.6) is 5.88 Å². The van der Waals surface area contributed by atoms with E-state index < -0.39 is 6.10 Å². The van der Waals surface area contributed by atoms with E-state index in [1.165, 1.54) is 9.36 Å². The fourth-order valence-electron chi connectivity index (χ4n) is 2.72. The van der Waals surface area contributed by atoms with Crippen LogP contribution in [0, 0.1) is 0 Å². The maximum absolute atomic E-state index is 12.9. The van der Waals surface area contributed by atoms with Crippen molar-refractivity contribution in [3.05, 3.63) is 76.6 Å². The van der Waals surface area contributed by atoms with E-state index in [4.69, 9.17) is 0 Å². The Kier molecular flexibility index (Phi) is 4.53. The summed E-state index contributed by atoms with van der Waals surface area (Å²) in [5, 5.41) is 20.2. The zero-order valence-electron chi connectivity index (χ0n) is 13.5. The molecule has 0 bridgehead atoms. The minimum absolute atomic E-state index is 0.0873. The second kappa shape index (κ2) is 6.76. The van der Waals surface area contributed by atoms with Gasteiger partial charge in [-0.1, -0.05) is 36.4 Å². The van der Waals surface area contributed by atoms with Crippen LogP contribution >= 0.6 is 0 Å². The predicted molar refractivity (Wildman–Crippen MR) is 93.0 cm³/mol. The highest BCUT2D eigenvalue weighted by Gasteiger charge is 2.21. The molecule has 24 heavy (non-hydrogen) atoms. The van der Waals surface area contributed by atoms with Crippen molar-refractivity contribution in [1.29, 1.82) is 0 Å². The van der Waals surface area contributed by atoms with Crippen molar-refractivity contribution in [3.8, 4) is 17.3 Å². The number of aromatic nitrogens is 2. The van der Waals surface area contributed by atoms with Gasteiger partial charge in [0, 0.05) is 0 Å². The highest BCUT2D eigenvalue weighted by molar-refractivity contribution is 5.43. The van der Waals surface area contributed by atoms with Crippen LogP contribution < -0.4 is 5.56 Å². The second-order valence-electron chi connectivity index (χ2n) is 5.79. The van der Waals surface area contributed by atoms with Gasteiger partial charge in [0.05, 0.1) is 23.0 Å². The third-order valence-electron chi connectivity index (χ3n) is 3.93. The number of hydrogen-bond acceptors (Lipinski definition) is 3. The van der Waals surface area contributed by atoms with Gasteiger partial charge in [-0.25, -0.2) is 9.36 Å². The molecule has 0 spiro atoms. The lowest BCUT2D eigenvalue weighted by Crippen LogP contribution is -2.22. The first-order valence-corrected chi connectivity index (χ1v) is 7.94. The minimum atomic E-state index is -0.533. The van der Waals surface area contributed by atoms with Crippen LogP contribution in [0.1, 0.15) is 18.9 Å². The van der Waals surface area contributed by atoms with Crippen LogP contribution in [0.2, 0.25) is 0 Å². The van der Waals surface area contributed by atoms with Crippen LogP contribution in [0.25, 0.3) is 11.4 Å². The summed E-state index contributed by atoms with van der Waals surface area (Å²) < 4.78 is 2.97. The Balaban J connectivity index is 2.23. The van der Waals surface area contributed by atoms with Gasteiger partial charge in [0.1, 0.15) is 0 Å². The highest BCUT2D eigenvalue weighted by atomic mass is 16.3. The summed E-state index contributed by atoms with van der Waals surface area (Å²) >= 11 is 0. The maximum atomic E-state index is 12.9. The molecule has 5 nitrogen and oxygen atoms in total. The summed E-state index contributed by atoms with van der Waals surface area (Å²) in [5.41, 5.74) is 1.40. The Morgan fingerprint density at radius 3 is 1.92 bits per heavy atom. The molecule has 0 saturated carbocycles. The number of hydrogen-bond donors (Lipinski definition) is 2. The minimum Gasteiger partial charge on any atom is -0.493 e. The lowest BCUT2D eigenvalue weighted by molar-refractivity contribution is 0.184. The van der Waals surface area contributed by atoms with E-state index in [9.17, 15) is 15.0 Å². The fourth-order valence-corrected chi connectivity index (χ4v) is 2.72. The van der Waals surface area contributed by atoms with Gasteiger partial charge >= 0.3 is 0 Å². The molecular weight excluding hydrogens is 304 g/mol. The molecule has 0 saturated heterocycles. The van der Waals surface area contributed by atoms with E-state index in [0.717, 1.165) is 0 Å². The first-order valence-electron chi connectivity index (χ1n) is 7.94. The number of nitrogens with zero attached hydrogens (tertiary/aromatic N) is 2. The zero-order valence-corrected chi connectivity index (χ0v) is 13.5. The average Bonchev–Trinajstić information content (AvgIpc) is 2.85. The molecule has 0 aliphatic rings. The Labute approximate surface area is 140 Å². The SMILES string of the molecule is CC(O)CCc1c(O)n(-c2ccccc2)n(-c2ccccc2)c1=O. The molecule has 1 atom stereocenters. The molecule has 1 aromatic heterocycles. The third kappa shape index (κ3) is 2.98. The topological polar surface area (TPSA) is 67.4 Å². The molecule has 124 valence electrons. The van der Waals surface area contributed by atoms with Gasteiger partial charge in [0.25, 0.3) is 5.56 Å². The van der Waals surface area contributed by atoms with Crippen molar-refractivity contribution in [3.63, 3.8) is 0 Å². The van der Waals surface area contributed by atoms with E-state index in [2.05, 4.69) is 0 Å². The van der Waals surface area contributed by atoms with Gasteiger partial charge in [0.15, 0.2) is 0 Å². The summed E-state index contributed by atoms with van der Waals surface area (Å²) in [5.74, 6) is -0.0873. The molecule has 0 aliphatic carbocycles. The maximum Gasteiger partial charge on any atom is 0.278 e. The Morgan fingerprint density at radius 1 is 0.917 bits per heavy atom. The quantitative estimate of drug-likeness (QED) is 0.758. The van der Waals surface area contributed by atoms with Gasteiger partial charge < -0.3 is 10.2 Å². The van der Waals surface area contributed by atoms with Crippen molar-refractivity contribution >= 4 is 0 Å². The van der Waals surface area contributed by atoms with E-state index in [1.807, 2.05) is 60.7 Å². The summed E-state index contributed by atoms with van der Waals surface area (Å²) in [7, 11) is 0. The first-order chi connectivity index (χ1) is 11.6. The smallest absolute Gasteiger partial charge is 0.278 e. The molecule has 3 rings (SSSR count). The molecule has 5 heteroatoms. The molecule has 2 aromatic carbocycles. The summed E-state index contributed by atoms with van der Waals surface area (Å²) in [6, 6.07) is 18.4. The van der Waals surface area contributed by atoms with Crippen molar-refractivity contribution in [1.82, 2.24) is 9.36 Å². The number of aliphatic hydroxyl groups excluding tert-OH is 1. The van der Waals surface area contributed by atoms with Crippen molar-refractivity contribution < 1.29 is 10.2 Å². The van der Waals surface area contributed by atoms with Crippen molar-refractivity contribution in [2.75, 3.05) is 0 Å². The number of benzene rings is 2. The monoisotopic (exact) mass is 324 g/mol. The van der Waals surface area contributed by atoms with Gasteiger partial charge in [-0.15, -0.1) is 0 Å². The summed E-state index contributed by atoms with van der Waals surface area (Å²) in [4.78, 5) is 12.9. The number of para-hydroxylation sites is 2. The van der Waals surface area contributed by atoms with Crippen LogP contribution in [-0.2, 0) is 6.42 Å². The van der Waals surface area contributed by atoms with Crippen LogP contribution in [0.15, 0.2) is 65.5 Å². The Bertz CT molecular complexity index is 865. The highest BCUT2D eigenvalue weighted by Crippen LogP contribution is 2.24. The van der Waals surface area contributed by atoms with Gasteiger partial charge in [0.2, 0.25) is 5.88 Å². The van der Waals surface area contributed by atoms with Crippen LogP contribution in [-0.4, -0.2) is 25.7 Å². The third-order valence-corrected chi connectivity index (χ3v) is 3.93. The van der Waals surface area contributed by atoms with E-state index >= 15 is 0 Å². The van der Waals surface area contributed by atoms with Gasteiger partial charge in [-0.05, 0) is 44.0 Å². The van der Waals surface area contributed by atoms with E-state index in [-0.39, 0.29) is 11.4 Å². The lowest BCUT2D eigenvalue weighted by atomic mass is 10.1. The Morgan fingerprint density at radius 2 is 1.42 bits per heavy atom. The zero-order chi connectivity index (χ0) is 17.1. The standard InChI is InChI=1S/C19H20N2O3/c1-14(22)12-13-17-18(23)20(15-8-4-2-5-9-15)21(19(17)24)16-10-6-3-7-11-16/h2-11,14,22-23H,12-13H2,1H3. The summed E-state index contributed by atoms with van der Waals surface area (Å²) in [6.07, 6.45) is 0.194. The van der Waals surface area contributed by atoms with Crippen LogP contribution in [0.4, 0.5) is 0 Å². The second-order valence-corrected chi connectivity index (χ2v) is 5.79. The fraction of sp³-hybridized carbons (Fsp3) is 0.211. The molecule has 0 amide bonds. The van der Waals surface area contributed by atoms with Crippen molar-refractivity contribution in [2.24, 2.45) is 0 Å². The molecule has 2 N–H and O–H groups in total. The molecular formula is C19H20N2O3. The number of rotatable bonds is 5. The number of aliphatic hydroxyl groups is 1. The Hall–Kier alpha value is -2.79. The summed E-state index contributed by atoms with van der Waals surface area (Å²) in [6.45, 7) is 1.67. The normalized spacial score (nSPS) is 12.2. The molecule has 3 aromatic rings. The predicted octanol–water partition coefficient (Wildman–Crippen LogP) is 2.65. The van der Waals surface area contributed by atoms with Crippen molar-refractivity contribution in [2.45, 2.75) is 25.9 Å². The van der Waals surface area contributed by atoms with Crippen LogP contribution in [0.3, 0.4) is 0 Å². The lowest BCUT2D eigenvalue weighted by Gasteiger charge is -2.12. The van der Waals surface area contributed by atoms with E-state index in [0.29, 0.717) is 29.8 Å².